The van der Waals surface area contributed by atoms with Crippen LogP contribution in [0.3, 0.4) is 0 Å². The Hall–Kier alpha value is -3.13. The number of anilines is 2. The van der Waals surface area contributed by atoms with Gasteiger partial charge in [0.25, 0.3) is 0 Å². The molecule has 2 aromatic carbocycles. The smallest absolute Gasteiger partial charge is 0.550 e. The van der Waals surface area contributed by atoms with Crippen molar-refractivity contribution < 1.29 is 132 Å². The van der Waals surface area contributed by atoms with Crippen LogP contribution in [0.5, 0.6) is 0 Å². The van der Waals surface area contributed by atoms with Gasteiger partial charge >= 0.3 is 62.5 Å². The van der Waals surface area contributed by atoms with Gasteiger partial charge in [-0.3, -0.25) is 0 Å². The van der Waals surface area contributed by atoms with Gasteiger partial charge in [0, 0.05) is 119 Å². The summed E-state index contributed by atoms with van der Waals surface area (Å²) in [4.78, 5) is 64.4. The van der Waals surface area contributed by atoms with Crippen LogP contribution in [0.2, 0.25) is 0 Å². The Morgan fingerprint density at radius 3 is 1.11 bits per heavy atom. The van der Waals surface area contributed by atoms with Crippen LogP contribution >= 0.6 is 0 Å². The molecule has 0 amide bonds. The van der Waals surface area contributed by atoms with Gasteiger partial charge < -0.3 is 79.4 Å². The van der Waals surface area contributed by atoms with Crippen LogP contribution in [0.1, 0.15) is 36.8 Å². The van der Waals surface area contributed by atoms with Crippen LogP contribution in [0.4, 0.5) is 11.4 Å². The first-order chi connectivity index (χ1) is 21.1. The maximum atomic E-state index is 10.1. The molecule has 2 aromatic rings. The Morgan fingerprint density at radius 2 is 0.894 bits per heavy atom. The molecule has 0 bridgehead atoms. The second kappa shape index (κ2) is 19.0. The van der Waals surface area contributed by atoms with Gasteiger partial charge in [-0.05, 0) is 12.1 Å². The molecule has 0 saturated carbocycles. The molecule has 0 aliphatic carbocycles. The maximum absolute atomic E-state index is 10.1. The van der Waals surface area contributed by atoms with E-state index < -0.39 is 72.7 Å². The third-order valence-corrected chi connectivity index (χ3v) is 9.37. The van der Waals surface area contributed by atoms with Crippen LogP contribution < -0.4 is 61.6 Å². The van der Waals surface area contributed by atoms with Crippen molar-refractivity contribution in [3.63, 3.8) is 0 Å². The third kappa shape index (κ3) is 14.3. The Balaban J connectivity index is 0.000000700. The molecule has 0 fully saturated rings. The molecule has 47 heavy (non-hydrogen) atoms. The molecule has 18 heteroatoms. The van der Waals surface area contributed by atoms with Crippen LogP contribution in [0, 0.1) is 48.4 Å². The predicted molar refractivity (Wildman–Crippen MR) is 140 cm³/mol. The van der Waals surface area contributed by atoms with Crippen LogP contribution in [-0.2, 0) is 35.2 Å². The van der Waals surface area contributed by atoms with E-state index in [4.69, 9.17) is 10.2 Å². The minimum atomic E-state index is -2.97. The number of hydrogen-bond donors (Lipinski definition) is 2. The van der Waals surface area contributed by atoms with E-state index in [1.54, 1.807) is 7.14 Å². The Labute approximate surface area is 312 Å². The van der Waals surface area contributed by atoms with E-state index in [0.29, 0.717) is 0 Å². The molecule has 1 aliphatic heterocycles. The maximum Gasteiger partial charge on any atom is 3.00 e. The number of halogens is 1. The first-order valence-corrected chi connectivity index (χ1v) is 15.2. The number of aliphatic hydroxyl groups is 2. The zero-order valence-corrected chi connectivity index (χ0v) is 31.5. The molecule has 0 unspecified atom stereocenters. The van der Waals surface area contributed by atoms with Crippen molar-refractivity contribution in [3.05, 3.63) is 54.7 Å². The normalized spacial score (nSPS) is 11.4. The summed E-state index contributed by atoms with van der Waals surface area (Å²) < 4.78 is 3.16. The molecule has 0 atom stereocenters. The van der Waals surface area contributed by atoms with Crippen molar-refractivity contribution in [2.24, 2.45) is 0 Å². The number of carboxylic acids is 6. The summed E-state index contributed by atoms with van der Waals surface area (Å²) in [5.41, 5.74) is -0.275. The van der Waals surface area contributed by atoms with Crippen molar-refractivity contribution >= 4 is 47.2 Å². The molecular weight excluding hydrogens is 868 g/mol. The number of fused-ring (bicyclic) bond motifs is 2. The van der Waals surface area contributed by atoms with Crippen molar-refractivity contribution in [1.29, 1.82) is 0 Å². The van der Waals surface area contributed by atoms with Crippen molar-refractivity contribution in [3.8, 4) is 0 Å². The fourth-order valence-corrected chi connectivity index (χ4v) is 6.78. The largest absolute Gasteiger partial charge is 3.00 e. The number of carbonyl (C=O) groups is 6. The van der Waals surface area contributed by atoms with Gasteiger partial charge in [0.05, 0.1) is 11.9 Å². The number of benzene rings is 2. The summed E-state index contributed by atoms with van der Waals surface area (Å²) in [7, 11) is 8.45. The Morgan fingerprint density at radius 1 is 0.617 bits per heavy atom. The second-order valence-electron chi connectivity index (χ2n) is 10.4. The van der Waals surface area contributed by atoms with E-state index in [-0.39, 0.29) is 62.5 Å². The van der Waals surface area contributed by atoms with Gasteiger partial charge in [-0.2, -0.15) is 0 Å². The molecule has 0 spiro atoms. The van der Waals surface area contributed by atoms with E-state index in [1.165, 1.54) is 22.5 Å². The van der Waals surface area contributed by atoms with E-state index in [9.17, 15) is 59.4 Å². The topological polar surface area (TPSA) is 288 Å². The summed E-state index contributed by atoms with van der Waals surface area (Å²) in [6.07, 6.45) is -4.34. The molecule has 0 aromatic heterocycles. The first-order valence-electron chi connectivity index (χ1n) is 13.0. The number of rotatable bonds is 12. The second-order valence-corrected chi connectivity index (χ2v) is 13.3. The number of carbonyl (C=O) groups excluding carboxylic acids is 6. The summed E-state index contributed by atoms with van der Waals surface area (Å²) in [5, 5.41) is 77.9. The van der Waals surface area contributed by atoms with Gasteiger partial charge in [-0.1, -0.05) is 12.1 Å². The van der Waals surface area contributed by atoms with Crippen LogP contribution in [-0.4, -0.2) is 85.4 Å². The van der Waals surface area contributed by atoms with E-state index in [2.05, 4.69) is 74.4 Å². The minimum absolute atomic E-state index is 0. The Kier molecular flexibility index (Phi) is 17.8. The predicted octanol–water partition coefficient (Wildman–Crippen LogP) is -10.7. The Bertz CT molecular complexity index is 1340. The molecule has 2 N–H and O–H groups in total. The zero-order valence-electron chi connectivity index (χ0n) is 25.6. The first kappa shape index (κ1) is 43.9. The van der Waals surface area contributed by atoms with Crippen molar-refractivity contribution in [2.45, 2.75) is 43.3 Å². The molecule has 1 heterocycles. The summed E-state index contributed by atoms with van der Waals surface area (Å²) in [6, 6.07) is 13.9. The van der Waals surface area contributed by atoms with Gasteiger partial charge in [0.15, 0.2) is 7.14 Å². The average molecular weight is 898 g/mol. The van der Waals surface area contributed by atoms with Crippen molar-refractivity contribution in [1.82, 2.24) is 0 Å². The standard InChI is InChI=1S/C17H20IN2.2C6H8O7.Pr/c1-19(2)14-7-5-12-9-13-6-8-15(20(3)4)11-17(13)18-16(12)10-14;2*7-3(8)1-6(13,5(11)12)2-4(9)10;/h5-8,10-11H,9H2,1-4H3;2*13H,1-2H2,(H,7,8)(H,9,10)(H,11,12);/q+1;;;+3/p-6. The summed E-state index contributed by atoms with van der Waals surface area (Å²) in [5.74, 6) is -12.0. The van der Waals surface area contributed by atoms with Crippen LogP contribution in [0.15, 0.2) is 36.4 Å². The number of hydrogen-bond acceptors (Lipinski definition) is 16. The number of carboxylic acid groups (broad SMARTS) is 6. The molecule has 1 aliphatic rings. The third-order valence-electron chi connectivity index (χ3n) is 6.20. The van der Waals surface area contributed by atoms with Gasteiger partial charge in [0.1, 0.15) is 11.2 Å². The molecule has 252 valence electrons. The number of nitrogens with zero attached hydrogens (tertiary/aromatic N) is 2. The minimum Gasteiger partial charge on any atom is -0.550 e. The molecule has 0 saturated heterocycles. The average Bonchev–Trinajstić information content (AvgIpc) is 2.89. The molecule has 3 rings (SSSR count). The monoisotopic (exact) mass is 898 g/mol. The van der Waals surface area contributed by atoms with E-state index >= 15 is 0 Å². The molecule has 0 radical (unpaired) electrons. The van der Waals surface area contributed by atoms with Gasteiger partial charge in [-0.15, -0.1) is 0 Å². The summed E-state index contributed by atoms with van der Waals surface area (Å²) in [6.45, 7) is 0. The quantitative estimate of drug-likeness (QED) is 0.160. The molecule has 16 nitrogen and oxygen atoms in total. The van der Waals surface area contributed by atoms with E-state index in [1.807, 2.05) is 0 Å². The van der Waals surface area contributed by atoms with Gasteiger partial charge in [-0.25, -0.2) is 0 Å². The zero-order chi connectivity index (χ0) is 35.6. The fourth-order valence-electron chi connectivity index (χ4n) is 3.78. The number of aliphatic carboxylic acids is 6. The van der Waals surface area contributed by atoms with Crippen molar-refractivity contribution in [2.75, 3.05) is 38.0 Å². The SMILES string of the molecule is CN(C)c1ccc2c(c1)[I+]c1cc(N(C)C)ccc1C2.O=C([O-])CC(O)(CC(=O)[O-])C(=O)[O-].O=C([O-])CC(O)(CC(=O)[O-])C(=O)[O-].[Pr+3]. The molecular formula is C29H30IN2O14Pr-2. The summed E-state index contributed by atoms with van der Waals surface area (Å²) >= 11 is -0.0627. The van der Waals surface area contributed by atoms with Gasteiger partial charge in [0.2, 0.25) is 0 Å². The van der Waals surface area contributed by atoms with E-state index in [0.717, 1.165) is 6.42 Å². The fraction of sp³-hybridized carbons (Fsp3) is 0.379. The van der Waals surface area contributed by atoms with Crippen LogP contribution in [0.25, 0.3) is 0 Å².